The largest absolute Gasteiger partial charge is 0.450 e. The highest BCUT2D eigenvalue weighted by Gasteiger charge is 2.17. The molecular formula is C7H13NO3. The smallest absolute Gasteiger partial charge is 0.407 e. The van der Waals surface area contributed by atoms with Gasteiger partial charge in [0.05, 0.1) is 19.3 Å². The number of ether oxygens (including phenoxy) is 2. The van der Waals surface area contributed by atoms with Gasteiger partial charge < -0.3 is 14.8 Å². The molecule has 11 heavy (non-hydrogen) atoms. The summed E-state index contributed by atoms with van der Waals surface area (Å²) in [5, 5.41) is 2.69. The Labute approximate surface area is 65.9 Å². The van der Waals surface area contributed by atoms with Gasteiger partial charge in [0.15, 0.2) is 0 Å². The molecule has 1 fully saturated rings. The van der Waals surface area contributed by atoms with Gasteiger partial charge in [0.2, 0.25) is 0 Å². The first-order chi connectivity index (χ1) is 5.33. The quantitative estimate of drug-likeness (QED) is 0.639. The van der Waals surface area contributed by atoms with Crippen molar-refractivity contribution >= 4 is 6.09 Å². The molecule has 0 spiro atoms. The van der Waals surface area contributed by atoms with Gasteiger partial charge in [-0.15, -0.1) is 0 Å². The van der Waals surface area contributed by atoms with Crippen molar-refractivity contribution in [2.45, 2.75) is 19.4 Å². The third kappa shape index (κ3) is 2.76. The molecule has 1 aliphatic heterocycles. The first-order valence-electron chi connectivity index (χ1n) is 3.84. The summed E-state index contributed by atoms with van der Waals surface area (Å²) < 4.78 is 9.76. The second-order valence-corrected chi connectivity index (χ2v) is 2.43. The van der Waals surface area contributed by atoms with Gasteiger partial charge in [0.25, 0.3) is 0 Å². The molecule has 0 aromatic heterocycles. The van der Waals surface area contributed by atoms with Gasteiger partial charge in [-0.2, -0.15) is 0 Å². The summed E-state index contributed by atoms with van der Waals surface area (Å²) in [5.74, 6) is 0. The lowest BCUT2D eigenvalue weighted by molar-refractivity contribution is 0.143. The Balaban J connectivity index is 2.13. The lowest BCUT2D eigenvalue weighted by Crippen LogP contribution is -2.35. The zero-order chi connectivity index (χ0) is 8.10. The van der Waals surface area contributed by atoms with Crippen molar-refractivity contribution < 1.29 is 14.3 Å². The molecule has 1 unspecified atom stereocenters. The third-order valence-electron chi connectivity index (χ3n) is 1.53. The highest BCUT2D eigenvalue weighted by molar-refractivity contribution is 5.67. The second-order valence-electron chi connectivity index (χ2n) is 2.43. The molecule has 1 N–H and O–H groups in total. The minimum atomic E-state index is -0.344. The maximum atomic E-state index is 10.8. The average molecular weight is 159 g/mol. The van der Waals surface area contributed by atoms with Crippen LogP contribution in [0.3, 0.4) is 0 Å². The van der Waals surface area contributed by atoms with E-state index in [1.54, 1.807) is 6.92 Å². The predicted octanol–water partition coefficient (Wildman–Crippen LogP) is 0.521. The lowest BCUT2D eigenvalue weighted by Gasteiger charge is -2.09. The number of nitrogens with one attached hydrogen (secondary N) is 1. The molecule has 0 aliphatic carbocycles. The topological polar surface area (TPSA) is 47.6 Å². The molecule has 1 aliphatic rings. The molecule has 4 nitrogen and oxygen atoms in total. The molecule has 4 heteroatoms. The molecule has 0 bridgehead atoms. The number of alkyl carbamates (subject to hydrolysis) is 1. The van der Waals surface area contributed by atoms with Crippen molar-refractivity contribution in [3.8, 4) is 0 Å². The van der Waals surface area contributed by atoms with Crippen LogP contribution in [0.1, 0.15) is 13.3 Å². The Morgan fingerprint density at radius 2 is 2.64 bits per heavy atom. The summed E-state index contributed by atoms with van der Waals surface area (Å²) in [4.78, 5) is 10.8. The summed E-state index contributed by atoms with van der Waals surface area (Å²) >= 11 is 0. The molecular weight excluding hydrogens is 146 g/mol. The van der Waals surface area contributed by atoms with Gasteiger partial charge in [0.1, 0.15) is 0 Å². The highest BCUT2D eigenvalue weighted by Crippen LogP contribution is 2.02. The SMILES string of the molecule is CCOC(=O)NC1CCOC1. The summed E-state index contributed by atoms with van der Waals surface area (Å²) in [6.45, 7) is 3.54. The highest BCUT2D eigenvalue weighted by atomic mass is 16.5. The Morgan fingerprint density at radius 1 is 1.82 bits per heavy atom. The van der Waals surface area contributed by atoms with Crippen LogP contribution in [0.5, 0.6) is 0 Å². The monoisotopic (exact) mass is 159 g/mol. The summed E-state index contributed by atoms with van der Waals surface area (Å²) in [6.07, 6.45) is 0.543. The molecule has 0 aromatic rings. The minimum absolute atomic E-state index is 0.147. The molecule has 1 rings (SSSR count). The molecule has 1 heterocycles. The molecule has 1 saturated heterocycles. The first-order valence-corrected chi connectivity index (χ1v) is 3.84. The van der Waals surface area contributed by atoms with E-state index in [2.05, 4.69) is 5.32 Å². The third-order valence-corrected chi connectivity index (χ3v) is 1.53. The van der Waals surface area contributed by atoms with E-state index in [-0.39, 0.29) is 12.1 Å². The standard InChI is InChI=1S/C7H13NO3/c1-2-11-7(9)8-6-3-4-10-5-6/h6H,2-5H2,1H3,(H,8,9). The van der Waals surface area contributed by atoms with E-state index in [9.17, 15) is 4.79 Å². The van der Waals surface area contributed by atoms with Crippen LogP contribution in [0.15, 0.2) is 0 Å². The van der Waals surface area contributed by atoms with E-state index in [0.717, 1.165) is 13.0 Å². The van der Waals surface area contributed by atoms with Crippen molar-refractivity contribution in [3.05, 3.63) is 0 Å². The first kappa shape index (κ1) is 8.33. The number of rotatable bonds is 2. The van der Waals surface area contributed by atoms with E-state index in [0.29, 0.717) is 13.2 Å². The fourth-order valence-corrected chi connectivity index (χ4v) is 0.988. The fourth-order valence-electron chi connectivity index (χ4n) is 0.988. The molecule has 1 atom stereocenters. The van der Waals surface area contributed by atoms with E-state index in [1.165, 1.54) is 0 Å². The van der Waals surface area contributed by atoms with E-state index < -0.39 is 0 Å². The average Bonchev–Trinajstić information content (AvgIpc) is 2.40. The number of hydrogen-bond donors (Lipinski definition) is 1. The van der Waals surface area contributed by atoms with Crippen molar-refractivity contribution in [3.63, 3.8) is 0 Å². The number of carbonyl (C=O) groups excluding carboxylic acids is 1. The normalized spacial score (nSPS) is 23.2. The maximum Gasteiger partial charge on any atom is 0.407 e. The van der Waals surface area contributed by atoms with E-state index in [1.807, 2.05) is 0 Å². The maximum absolute atomic E-state index is 10.8. The van der Waals surface area contributed by atoms with Crippen molar-refractivity contribution in [1.82, 2.24) is 5.32 Å². The van der Waals surface area contributed by atoms with Crippen LogP contribution >= 0.6 is 0 Å². The number of hydrogen-bond acceptors (Lipinski definition) is 3. The van der Waals surface area contributed by atoms with Crippen LogP contribution in [0, 0.1) is 0 Å². The summed E-state index contributed by atoms with van der Waals surface area (Å²) in [5.41, 5.74) is 0. The van der Waals surface area contributed by atoms with Gasteiger partial charge in [-0.25, -0.2) is 4.79 Å². The fraction of sp³-hybridized carbons (Fsp3) is 0.857. The van der Waals surface area contributed by atoms with Crippen LogP contribution in [0.25, 0.3) is 0 Å². The van der Waals surface area contributed by atoms with Gasteiger partial charge in [-0.3, -0.25) is 0 Å². The van der Waals surface area contributed by atoms with Crippen LogP contribution in [-0.4, -0.2) is 32.0 Å². The van der Waals surface area contributed by atoms with E-state index in [4.69, 9.17) is 9.47 Å². The van der Waals surface area contributed by atoms with Gasteiger partial charge in [-0.05, 0) is 13.3 Å². The zero-order valence-corrected chi connectivity index (χ0v) is 6.63. The number of carbonyl (C=O) groups is 1. The van der Waals surface area contributed by atoms with Crippen molar-refractivity contribution in [1.29, 1.82) is 0 Å². The van der Waals surface area contributed by atoms with Crippen LogP contribution in [-0.2, 0) is 9.47 Å². The molecule has 0 radical (unpaired) electrons. The minimum Gasteiger partial charge on any atom is -0.450 e. The van der Waals surface area contributed by atoms with Crippen molar-refractivity contribution in [2.24, 2.45) is 0 Å². The van der Waals surface area contributed by atoms with Gasteiger partial charge in [0, 0.05) is 6.61 Å². The van der Waals surface area contributed by atoms with Crippen molar-refractivity contribution in [2.75, 3.05) is 19.8 Å². The lowest BCUT2D eigenvalue weighted by atomic mass is 10.3. The molecule has 0 aromatic carbocycles. The Morgan fingerprint density at radius 3 is 3.18 bits per heavy atom. The van der Waals surface area contributed by atoms with Gasteiger partial charge in [-0.1, -0.05) is 0 Å². The van der Waals surface area contributed by atoms with Crippen LogP contribution in [0.4, 0.5) is 4.79 Å². The number of amides is 1. The Hall–Kier alpha value is -0.770. The molecule has 0 saturated carbocycles. The summed E-state index contributed by atoms with van der Waals surface area (Å²) in [6, 6.07) is 0.147. The zero-order valence-electron chi connectivity index (χ0n) is 6.63. The van der Waals surface area contributed by atoms with Crippen LogP contribution in [0.2, 0.25) is 0 Å². The Bertz CT molecular complexity index is 132. The summed E-state index contributed by atoms with van der Waals surface area (Å²) in [7, 11) is 0. The van der Waals surface area contributed by atoms with Gasteiger partial charge >= 0.3 is 6.09 Å². The van der Waals surface area contributed by atoms with E-state index >= 15 is 0 Å². The molecule has 64 valence electrons. The van der Waals surface area contributed by atoms with Crippen LogP contribution < -0.4 is 5.32 Å². The Kier molecular flexibility index (Phi) is 3.16. The molecule has 1 amide bonds. The second kappa shape index (κ2) is 4.18. The predicted molar refractivity (Wildman–Crippen MR) is 39.4 cm³/mol.